The fourth-order valence-corrected chi connectivity index (χ4v) is 1.87. The second-order valence-electron chi connectivity index (χ2n) is 4.81. The molecular formula is C15H12N8O2. The molecule has 3 N–H and O–H groups in total. The molecule has 0 atom stereocenters. The highest BCUT2D eigenvalue weighted by molar-refractivity contribution is 5.57. The number of nitro benzene ring substituents is 1. The Balaban J connectivity index is 1.66. The number of nitrogens with zero attached hydrogens (tertiary/aromatic N) is 6. The molecule has 10 nitrogen and oxygen atoms in total. The molecule has 0 amide bonds. The number of benzene rings is 2. The highest BCUT2D eigenvalue weighted by atomic mass is 16.6. The predicted molar refractivity (Wildman–Crippen MR) is 91.2 cm³/mol. The zero-order valence-corrected chi connectivity index (χ0v) is 12.8. The normalized spacial score (nSPS) is 10.7. The molecule has 25 heavy (non-hydrogen) atoms. The van der Waals surface area contributed by atoms with E-state index in [1.807, 2.05) is 0 Å². The molecule has 3 aromatic rings. The zero-order chi connectivity index (χ0) is 17.6. The van der Waals surface area contributed by atoms with Gasteiger partial charge in [0.15, 0.2) is 0 Å². The summed E-state index contributed by atoms with van der Waals surface area (Å²) in [7, 11) is 0. The van der Waals surface area contributed by atoms with Gasteiger partial charge in [0.2, 0.25) is 11.9 Å². The molecule has 1 heterocycles. The summed E-state index contributed by atoms with van der Waals surface area (Å²) in [6.07, 6.45) is 1.32. The Kier molecular flexibility index (Phi) is 4.51. The van der Waals surface area contributed by atoms with E-state index in [1.54, 1.807) is 24.3 Å². The molecule has 0 aliphatic rings. The zero-order valence-electron chi connectivity index (χ0n) is 12.8. The third kappa shape index (κ3) is 4.28. The van der Waals surface area contributed by atoms with Crippen molar-refractivity contribution in [2.24, 2.45) is 10.2 Å². The first-order valence-electron chi connectivity index (χ1n) is 7.08. The van der Waals surface area contributed by atoms with Crippen LogP contribution in [0.5, 0.6) is 0 Å². The fraction of sp³-hybridized carbons (Fsp3) is 0. The van der Waals surface area contributed by atoms with Crippen molar-refractivity contribution in [1.29, 1.82) is 0 Å². The van der Waals surface area contributed by atoms with Gasteiger partial charge in [-0.05, 0) is 36.4 Å². The molecule has 0 bridgehead atoms. The van der Waals surface area contributed by atoms with Crippen molar-refractivity contribution >= 4 is 34.6 Å². The first kappa shape index (κ1) is 15.9. The van der Waals surface area contributed by atoms with Gasteiger partial charge in [-0.15, -0.1) is 0 Å². The van der Waals surface area contributed by atoms with E-state index >= 15 is 0 Å². The quantitative estimate of drug-likeness (QED) is 0.412. The number of nitrogens with one attached hydrogen (secondary N) is 1. The summed E-state index contributed by atoms with van der Waals surface area (Å²) in [5, 5.41) is 21.7. The number of hydrogen-bond donors (Lipinski definition) is 2. The van der Waals surface area contributed by atoms with Crippen LogP contribution in [0.2, 0.25) is 0 Å². The topological polar surface area (TPSA) is 145 Å². The van der Waals surface area contributed by atoms with Crippen LogP contribution in [0.3, 0.4) is 0 Å². The molecule has 0 radical (unpaired) electrons. The number of anilines is 3. The van der Waals surface area contributed by atoms with Crippen molar-refractivity contribution in [2.75, 3.05) is 11.1 Å². The summed E-state index contributed by atoms with van der Waals surface area (Å²) in [6.45, 7) is 0. The Morgan fingerprint density at radius 3 is 2.12 bits per heavy atom. The van der Waals surface area contributed by atoms with Crippen LogP contribution in [-0.4, -0.2) is 19.9 Å². The van der Waals surface area contributed by atoms with Gasteiger partial charge in [0.1, 0.15) is 6.33 Å². The van der Waals surface area contributed by atoms with Gasteiger partial charge in [-0.3, -0.25) is 10.1 Å². The molecule has 2 aromatic carbocycles. The molecule has 0 aliphatic carbocycles. The summed E-state index contributed by atoms with van der Waals surface area (Å²) in [5.41, 5.74) is 7.39. The Hall–Kier alpha value is -3.95. The predicted octanol–water partition coefficient (Wildman–Crippen LogP) is 3.52. The molecule has 10 heteroatoms. The van der Waals surface area contributed by atoms with Gasteiger partial charge in [0.25, 0.3) is 5.69 Å². The number of azo groups is 1. The van der Waals surface area contributed by atoms with E-state index in [0.717, 1.165) is 5.69 Å². The van der Waals surface area contributed by atoms with Gasteiger partial charge >= 0.3 is 0 Å². The number of nitrogen functional groups attached to an aromatic ring is 1. The van der Waals surface area contributed by atoms with Crippen molar-refractivity contribution in [3.05, 3.63) is 65.0 Å². The molecule has 0 aliphatic heterocycles. The summed E-state index contributed by atoms with van der Waals surface area (Å²) in [6, 6.07) is 12.9. The molecule has 0 saturated carbocycles. The average Bonchev–Trinajstić information content (AvgIpc) is 2.61. The number of aromatic nitrogens is 3. The molecule has 1 aromatic heterocycles. The van der Waals surface area contributed by atoms with Crippen molar-refractivity contribution in [3.63, 3.8) is 0 Å². The van der Waals surface area contributed by atoms with E-state index in [4.69, 9.17) is 5.73 Å². The third-order valence-electron chi connectivity index (χ3n) is 3.06. The van der Waals surface area contributed by atoms with Crippen LogP contribution in [0.4, 0.5) is 34.6 Å². The molecule has 0 fully saturated rings. The van der Waals surface area contributed by atoms with E-state index < -0.39 is 4.92 Å². The van der Waals surface area contributed by atoms with E-state index in [0.29, 0.717) is 17.3 Å². The van der Waals surface area contributed by atoms with Crippen LogP contribution in [0.25, 0.3) is 0 Å². The highest BCUT2D eigenvalue weighted by Gasteiger charge is 2.03. The molecular weight excluding hydrogens is 324 g/mol. The first-order valence-corrected chi connectivity index (χ1v) is 7.08. The van der Waals surface area contributed by atoms with Gasteiger partial charge in [0, 0.05) is 17.8 Å². The first-order chi connectivity index (χ1) is 12.1. The lowest BCUT2D eigenvalue weighted by Crippen LogP contribution is -2.01. The Morgan fingerprint density at radius 2 is 1.56 bits per heavy atom. The maximum Gasteiger partial charge on any atom is 0.269 e. The molecule has 124 valence electrons. The molecule has 0 saturated heterocycles. The van der Waals surface area contributed by atoms with Crippen LogP contribution < -0.4 is 11.1 Å². The number of non-ortho nitro benzene ring substituents is 1. The van der Waals surface area contributed by atoms with E-state index in [-0.39, 0.29) is 11.6 Å². The highest BCUT2D eigenvalue weighted by Crippen LogP contribution is 2.23. The summed E-state index contributed by atoms with van der Waals surface area (Å²) < 4.78 is 0. The Bertz CT molecular complexity index is 910. The van der Waals surface area contributed by atoms with Crippen LogP contribution in [0.1, 0.15) is 0 Å². The second kappa shape index (κ2) is 7.08. The molecule has 3 rings (SSSR count). The van der Waals surface area contributed by atoms with Gasteiger partial charge in [-0.2, -0.15) is 15.2 Å². The number of hydrogen-bond acceptors (Lipinski definition) is 9. The Labute approximate surface area is 141 Å². The van der Waals surface area contributed by atoms with Crippen molar-refractivity contribution in [3.8, 4) is 0 Å². The lowest BCUT2D eigenvalue weighted by molar-refractivity contribution is -0.384. The summed E-state index contributed by atoms with van der Waals surface area (Å²) in [4.78, 5) is 21.7. The molecule has 0 unspecified atom stereocenters. The van der Waals surface area contributed by atoms with Crippen LogP contribution in [-0.2, 0) is 0 Å². The maximum absolute atomic E-state index is 10.6. The minimum Gasteiger partial charge on any atom is -0.368 e. The van der Waals surface area contributed by atoms with Crippen LogP contribution in [0.15, 0.2) is 65.1 Å². The van der Waals surface area contributed by atoms with Gasteiger partial charge in [-0.25, -0.2) is 9.97 Å². The smallest absolute Gasteiger partial charge is 0.269 e. The number of rotatable bonds is 5. The summed E-state index contributed by atoms with van der Waals surface area (Å²) in [5.74, 6) is 0.471. The van der Waals surface area contributed by atoms with Crippen molar-refractivity contribution in [1.82, 2.24) is 15.0 Å². The minimum absolute atomic E-state index is 0.00773. The molecule has 0 spiro atoms. The fourth-order valence-electron chi connectivity index (χ4n) is 1.87. The van der Waals surface area contributed by atoms with E-state index in [9.17, 15) is 10.1 Å². The second-order valence-corrected chi connectivity index (χ2v) is 4.81. The Morgan fingerprint density at radius 1 is 0.960 bits per heavy atom. The standard InChI is InChI=1S/C15H12N8O2/c16-14-17-9-18-15(20-14)19-10-1-3-11(4-2-10)21-22-12-5-7-13(8-6-12)23(24)25/h1-9H,(H3,16,17,18,19,20). The van der Waals surface area contributed by atoms with Crippen LogP contribution in [0, 0.1) is 10.1 Å². The van der Waals surface area contributed by atoms with Crippen LogP contribution >= 0.6 is 0 Å². The SMILES string of the molecule is Nc1ncnc(Nc2ccc(N=Nc3ccc([N+](=O)[O-])cc3)cc2)n1. The van der Waals surface area contributed by atoms with Gasteiger partial charge in [0.05, 0.1) is 16.3 Å². The lowest BCUT2D eigenvalue weighted by atomic mass is 10.3. The number of nitrogens with two attached hydrogens (primary N) is 1. The van der Waals surface area contributed by atoms with Gasteiger partial charge < -0.3 is 11.1 Å². The van der Waals surface area contributed by atoms with Crippen molar-refractivity contribution in [2.45, 2.75) is 0 Å². The van der Waals surface area contributed by atoms with E-state index in [2.05, 4.69) is 30.5 Å². The lowest BCUT2D eigenvalue weighted by Gasteiger charge is -2.04. The van der Waals surface area contributed by atoms with Gasteiger partial charge in [-0.1, -0.05) is 0 Å². The third-order valence-corrected chi connectivity index (χ3v) is 3.06. The monoisotopic (exact) mass is 336 g/mol. The van der Waals surface area contributed by atoms with E-state index in [1.165, 1.54) is 30.6 Å². The average molecular weight is 336 g/mol. The summed E-state index contributed by atoms with van der Waals surface area (Å²) >= 11 is 0. The minimum atomic E-state index is -0.465. The van der Waals surface area contributed by atoms with Crippen molar-refractivity contribution < 1.29 is 4.92 Å². The number of nitro groups is 1. The maximum atomic E-state index is 10.6. The largest absolute Gasteiger partial charge is 0.368 e.